The maximum Gasteiger partial charge on any atom is 0.435 e. The van der Waals surface area contributed by atoms with Crippen molar-refractivity contribution in [3.8, 4) is 6.07 Å². The SMILES string of the molecule is N#Cc1ccc2cc(C3=NOC(c4cc(Cl)cc(Cl)c4)(C(F)(F)F)C3)ccc2n1. The number of hydrogen-bond donors (Lipinski definition) is 0. The number of pyridine rings is 1. The molecule has 1 aliphatic rings. The molecule has 0 spiro atoms. The first-order valence-electron chi connectivity index (χ1n) is 8.31. The number of fused-ring (bicyclic) bond motifs is 1. The zero-order chi connectivity index (χ0) is 20.8. The Balaban J connectivity index is 1.75. The van der Waals surface area contributed by atoms with Crippen molar-refractivity contribution in [2.45, 2.75) is 18.2 Å². The third kappa shape index (κ3) is 3.39. The van der Waals surface area contributed by atoms with Crippen LogP contribution in [0.15, 0.2) is 53.7 Å². The Morgan fingerprint density at radius 2 is 1.76 bits per heavy atom. The normalized spacial score (nSPS) is 19.0. The predicted molar refractivity (Wildman–Crippen MR) is 103 cm³/mol. The number of hydrogen-bond acceptors (Lipinski definition) is 4. The van der Waals surface area contributed by atoms with Crippen molar-refractivity contribution >= 4 is 39.8 Å². The van der Waals surface area contributed by atoms with Gasteiger partial charge in [0, 0.05) is 33.0 Å². The molecule has 4 rings (SSSR count). The molecule has 2 aromatic carbocycles. The van der Waals surface area contributed by atoms with Gasteiger partial charge in [0.2, 0.25) is 0 Å². The quantitative estimate of drug-likeness (QED) is 0.496. The van der Waals surface area contributed by atoms with Crippen LogP contribution < -0.4 is 0 Å². The Bertz CT molecular complexity index is 1180. The highest BCUT2D eigenvalue weighted by atomic mass is 35.5. The average Bonchev–Trinajstić information content (AvgIpc) is 3.13. The number of nitrogens with zero attached hydrogens (tertiary/aromatic N) is 3. The third-order valence-electron chi connectivity index (χ3n) is 4.65. The fourth-order valence-corrected chi connectivity index (χ4v) is 3.74. The second-order valence-corrected chi connectivity index (χ2v) is 7.38. The molecule has 1 aromatic heterocycles. The zero-order valence-corrected chi connectivity index (χ0v) is 16.0. The first-order chi connectivity index (χ1) is 13.7. The number of oxime groups is 1. The fourth-order valence-electron chi connectivity index (χ4n) is 3.21. The molecule has 1 unspecified atom stereocenters. The maximum atomic E-state index is 14.1. The van der Waals surface area contributed by atoms with Crippen molar-refractivity contribution in [2.24, 2.45) is 5.16 Å². The van der Waals surface area contributed by atoms with E-state index < -0.39 is 18.2 Å². The van der Waals surface area contributed by atoms with Crippen LogP contribution in [0.5, 0.6) is 0 Å². The molecule has 0 N–H and O–H groups in total. The largest absolute Gasteiger partial charge is 0.435 e. The van der Waals surface area contributed by atoms with Gasteiger partial charge in [-0.2, -0.15) is 18.4 Å². The fraction of sp³-hybridized carbons (Fsp3) is 0.150. The van der Waals surface area contributed by atoms with E-state index in [4.69, 9.17) is 33.3 Å². The highest BCUT2D eigenvalue weighted by Gasteiger charge is 2.62. The Morgan fingerprint density at radius 1 is 1.03 bits per heavy atom. The first kappa shape index (κ1) is 19.5. The van der Waals surface area contributed by atoms with Crippen molar-refractivity contribution in [1.82, 2.24) is 4.98 Å². The van der Waals surface area contributed by atoms with Crippen molar-refractivity contribution in [1.29, 1.82) is 5.26 Å². The van der Waals surface area contributed by atoms with E-state index in [2.05, 4.69) is 10.1 Å². The number of alkyl halides is 3. The molecule has 4 nitrogen and oxygen atoms in total. The monoisotopic (exact) mass is 435 g/mol. The summed E-state index contributed by atoms with van der Waals surface area (Å²) >= 11 is 11.8. The summed E-state index contributed by atoms with van der Waals surface area (Å²) in [6.45, 7) is 0. The van der Waals surface area contributed by atoms with Gasteiger partial charge in [0.15, 0.2) is 0 Å². The molecule has 0 saturated heterocycles. The lowest BCUT2D eigenvalue weighted by atomic mass is 9.86. The van der Waals surface area contributed by atoms with E-state index >= 15 is 0 Å². The molecule has 0 radical (unpaired) electrons. The molecular weight excluding hydrogens is 426 g/mol. The molecule has 146 valence electrons. The van der Waals surface area contributed by atoms with Gasteiger partial charge < -0.3 is 4.84 Å². The minimum absolute atomic E-state index is 0.0678. The van der Waals surface area contributed by atoms with Crippen molar-refractivity contribution in [3.05, 3.63) is 75.4 Å². The molecule has 29 heavy (non-hydrogen) atoms. The maximum absolute atomic E-state index is 14.1. The van der Waals surface area contributed by atoms with Crippen molar-refractivity contribution in [3.63, 3.8) is 0 Å². The lowest BCUT2D eigenvalue weighted by Crippen LogP contribution is -2.42. The smallest absolute Gasteiger partial charge is 0.374 e. The lowest BCUT2D eigenvalue weighted by molar-refractivity contribution is -0.275. The van der Waals surface area contributed by atoms with Crippen LogP contribution >= 0.6 is 23.2 Å². The van der Waals surface area contributed by atoms with E-state index in [1.165, 1.54) is 24.3 Å². The van der Waals surface area contributed by atoms with Crippen LogP contribution in [0.4, 0.5) is 13.2 Å². The summed E-state index contributed by atoms with van der Waals surface area (Å²) in [5, 5.41) is 13.5. The van der Waals surface area contributed by atoms with Gasteiger partial charge in [-0.3, -0.25) is 0 Å². The van der Waals surface area contributed by atoms with Gasteiger partial charge in [0.05, 0.1) is 11.2 Å². The second kappa shape index (κ2) is 6.90. The molecule has 0 bridgehead atoms. The number of rotatable bonds is 2. The molecular formula is C20H10Cl2F3N3O. The van der Waals surface area contributed by atoms with Crippen LogP contribution in [0, 0.1) is 11.3 Å². The summed E-state index contributed by atoms with van der Waals surface area (Å²) in [6, 6.07) is 13.7. The standard InChI is InChI=1S/C20H10Cl2F3N3O/c21-14-6-13(7-15(22)8-14)19(20(23,24)25)9-18(28-29-19)12-2-4-17-11(5-12)1-3-16(10-26)27-17/h1-8H,9H2. The van der Waals surface area contributed by atoms with Crippen molar-refractivity contribution < 1.29 is 18.0 Å². The third-order valence-corrected chi connectivity index (χ3v) is 5.09. The summed E-state index contributed by atoms with van der Waals surface area (Å²) in [5.74, 6) is 0. The van der Waals surface area contributed by atoms with Crippen LogP contribution in [-0.4, -0.2) is 16.9 Å². The lowest BCUT2D eigenvalue weighted by Gasteiger charge is -2.29. The zero-order valence-electron chi connectivity index (χ0n) is 14.5. The Kier molecular flexibility index (Phi) is 4.64. The average molecular weight is 436 g/mol. The van der Waals surface area contributed by atoms with Gasteiger partial charge >= 0.3 is 6.18 Å². The molecule has 0 amide bonds. The van der Waals surface area contributed by atoms with E-state index in [0.717, 1.165) is 0 Å². The summed E-state index contributed by atoms with van der Waals surface area (Å²) < 4.78 is 42.2. The molecule has 0 aliphatic carbocycles. The highest BCUT2D eigenvalue weighted by molar-refractivity contribution is 6.34. The molecule has 2 heterocycles. The van der Waals surface area contributed by atoms with Crippen LogP contribution in [0.25, 0.3) is 10.9 Å². The molecule has 0 saturated carbocycles. The highest BCUT2D eigenvalue weighted by Crippen LogP contribution is 2.49. The Hall–Kier alpha value is -2.82. The van der Waals surface area contributed by atoms with E-state index in [1.807, 2.05) is 6.07 Å². The van der Waals surface area contributed by atoms with Crippen molar-refractivity contribution in [2.75, 3.05) is 0 Å². The molecule has 1 aliphatic heterocycles. The Morgan fingerprint density at radius 3 is 2.41 bits per heavy atom. The van der Waals surface area contributed by atoms with Gasteiger partial charge in [-0.05, 0) is 42.5 Å². The van der Waals surface area contributed by atoms with Gasteiger partial charge in [0.1, 0.15) is 11.8 Å². The minimum Gasteiger partial charge on any atom is -0.374 e. The van der Waals surface area contributed by atoms with Gasteiger partial charge in [0.25, 0.3) is 5.60 Å². The summed E-state index contributed by atoms with van der Waals surface area (Å²) in [7, 11) is 0. The molecule has 0 fully saturated rings. The number of benzene rings is 2. The van der Waals surface area contributed by atoms with E-state index in [0.29, 0.717) is 16.5 Å². The van der Waals surface area contributed by atoms with Crippen LogP contribution in [0.3, 0.4) is 0 Å². The number of aromatic nitrogens is 1. The second-order valence-electron chi connectivity index (χ2n) is 6.50. The van der Waals surface area contributed by atoms with Gasteiger partial charge in [-0.1, -0.05) is 34.4 Å². The summed E-state index contributed by atoms with van der Waals surface area (Å²) in [4.78, 5) is 9.16. The van der Waals surface area contributed by atoms with E-state index in [9.17, 15) is 13.2 Å². The number of halogens is 5. The minimum atomic E-state index is -4.76. The summed E-state index contributed by atoms with van der Waals surface area (Å²) in [6.07, 6.45) is -5.30. The summed E-state index contributed by atoms with van der Waals surface area (Å²) in [5.41, 5.74) is -1.51. The van der Waals surface area contributed by atoms with Gasteiger partial charge in [-0.15, -0.1) is 0 Å². The van der Waals surface area contributed by atoms with Crippen LogP contribution in [0.1, 0.15) is 23.2 Å². The molecule has 3 aromatic rings. The van der Waals surface area contributed by atoms with Crippen LogP contribution in [0.2, 0.25) is 10.0 Å². The predicted octanol–water partition coefficient (Wildman–Crippen LogP) is 6.00. The molecule has 1 atom stereocenters. The topological polar surface area (TPSA) is 58.3 Å². The van der Waals surface area contributed by atoms with E-state index in [1.54, 1.807) is 24.3 Å². The Labute approximate surface area is 173 Å². The van der Waals surface area contributed by atoms with Gasteiger partial charge in [-0.25, -0.2) is 4.98 Å². The molecule has 9 heteroatoms. The first-order valence-corrected chi connectivity index (χ1v) is 9.07. The van der Waals surface area contributed by atoms with Crippen LogP contribution in [-0.2, 0) is 10.4 Å². The number of nitriles is 1. The van der Waals surface area contributed by atoms with E-state index in [-0.39, 0.29) is 27.0 Å².